The first kappa shape index (κ1) is 29.0. The fraction of sp³-hybridized carbons (Fsp3) is 0.276. The van der Waals surface area contributed by atoms with Crippen molar-refractivity contribution in [3.63, 3.8) is 0 Å². The third kappa shape index (κ3) is 7.37. The molecule has 1 aliphatic heterocycles. The van der Waals surface area contributed by atoms with E-state index in [1.807, 2.05) is 39.0 Å². The molecule has 3 aromatic rings. The number of benzene rings is 3. The number of hydrazone groups is 1. The van der Waals surface area contributed by atoms with Gasteiger partial charge in [0, 0.05) is 5.56 Å². The van der Waals surface area contributed by atoms with Crippen molar-refractivity contribution >= 4 is 41.2 Å². The molecule has 0 bridgehead atoms. The molecular formula is C29H29Cl2N3O6. The van der Waals surface area contributed by atoms with E-state index >= 15 is 0 Å². The molecule has 2 N–H and O–H groups in total. The number of nitrogens with one attached hydrogen (secondary N) is 2. The Kier molecular flexibility index (Phi) is 9.74. The van der Waals surface area contributed by atoms with Crippen molar-refractivity contribution in [3.8, 4) is 23.0 Å². The first-order valence-corrected chi connectivity index (χ1v) is 13.4. The van der Waals surface area contributed by atoms with Gasteiger partial charge < -0.3 is 24.3 Å². The first-order chi connectivity index (χ1) is 19.2. The third-order valence-electron chi connectivity index (χ3n) is 5.90. The molecule has 40 heavy (non-hydrogen) atoms. The molecule has 0 saturated carbocycles. The molecule has 1 heterocycles. The lowest BCUT2D eigenvalue weighted by Gasteiger charge is -2.20. The van der Waals surface area contributed by atoms with Gasteiger partial charge in [-0.05, 0) is 72.5 Å². The van der Waals surface area contributed by atoms with Gasteiger partial charge in [-0.2, -0.15) is 5.10 Å². The van der Waals surface area contributed by atoms with E-state index in [1.165, 1.54) is 24.4 Å². The number of rotatable bonds is 11. The SMILES string of the molecule is CCOc1cc(C=NNC(=O)C(NC(=O)c2ccc(Cl)c(Cl)c2)C(C)C)ccc1OCc1ccc2c(c1)OCO2. The van der Waals surface area contributed by atoms with Crippen molar-refractivity contribution in [2.75, 3.05) is 13.4 Å². The number of halogens is 2. The summed E-state index contributed by atoms with van der Waals surface area (Å²) in [7, 11) is 0. The molecule has 0 aromatic heterocycles. The van der Waals surface area contributed by atoms with Gasteiger partial charge in [0.15, 0.2) is 23.0 Å². The molecule has 210 valence electrons. The highest BCUT2D eigenvalue weighted by atomic mass is 35.5. The summed E-state index contributed by atoms with van der Waals surface area (Å²) < 4.78 is 22.5. The summed E-state index contributed by atoms with van der Waals surface area (Å²) in [4.78, 5) is 25.5. The molecule has 4 rings (SSSR count). The van der Waals surface area contributed by atoms with Crippen LogP contribution in [-0.4, -0.2) is 37.5 Å². The van der Waals surface area contributed by atoms with Gasteiger partial charge in [-0.25, -0.2) is 5.43 Å². The lowest BCUT2D eigenvalue weighted by atomic mass is 10.0. The fourth-order valence-electron chi connectivity index (χ4n) is 3.82. The van der Waals surface area contributed by atoms with Gasteiger partial charge in [-0.15, -0.1) is 0 Å². The molecule has 0 fully saturated rings. The van der Waals surface area contributed by atoms with E-state index in [4.69, 9.17) is 42.1 Å². The van der Waals surface area contributed by atoms with E-state index < -0.39 is 17.9 Å². The summed E-state index contributed by atoms with van der Waals surface area (Å²) in [6, 6.07) is 14.7. The second kappa shape index (κ2) is 13.4. The lowest BCUT2D eigenvalue weighted by molar-refractivity contribution is -0.123. The zero-order valence-electron chi connectivity index (χ0n) is 22.2. The minimum Gasteiger partial charge on any atom is -0.490 e. The Morgan fingerprint density at radius 3 is 2.52 bits per heavy atom. The number of carbonyl (C=O) groups excluding carboxylic acids is 2. The number of hydrogen-bond acceptors (Lipinski definition) is 7. The summed E-state index contributed by atoms with van der Waals surface area (Å²) >= 11 is 11.9. The maximum Gasteiger partial charge on any atom is 0.262 e. The Bertz CT molecular complexity index is 1410. The number of hydrogen-bond donors (Lipinski definition) is 2. The molecule has 0 saturated heterocycles. The average Bonchev–Trinajstić information content (AvgIpc) is 3.40. The van der Waals surface area contributed by atoms with Gasteiger partial charge in [0.2, 0.25) is 6.79 Å². The standard InChI is InChI=1S/C29H29Cl2N3O6/c1-4-37-25-11-18(5-9-23(25)38-15-19-6-10-24-26(12-19)40-16-39-24)14-32-34-29(36)27(17(2)3)33-28(35)20-7-8-21(30)22(31)13-20/h5-14,17,27H,4,15-16H2,1-3H3,(H,33,35)(H,34,36). The van der Waals surface area contributed by atoms with Gasteiger partial charge in [-0.3, -0.25) is 9.59 Å². The Hall–Kier alpha value is -3.95. The number of nitrogens with zero attached hydrogens (tertiary/aromatic N) is 1. The monoisotopic (exact) mass is 585 g/mol. The van der Waals surface area contributed by atoms with Crippen LogP contribution in [0.5, 0.6) is 23.0 Å². The van der Waals surface area contributed by atoms with Crippen molar-refractivity contribution in [2.24, 2.45) is 11.0 Å². The summed E-state index contributed by atoms with van der Waals surface area (Å²) in [6.45, 7) is 6.47. The molecule has 2 amide bonds. The largest absolute Gasteiger partial charge is 0.490 e. The van der Waals surface area contributed by atoms with Gasteiger partial charge in [0.05, 0.1) is 22.9 Å². The molecule has 9 nitrogen and oxygen atoms in total. The molecule has 1 unspecified atom stereocenters. The van der Waals surface area contributed by atoms with Crippen LogP contribution in [-0.2, 0) is 11.4 Å². The van der Waals surface area contributed by atoms with E-state index in [1.54, 1.807) is 18.2 Å². The number of amides is 2. The van der Waals surface area contributed by atoms with Gasteiger partial charge in [-0.1, -0.05) is 43.1 Å². The molecule has 11 heteroatoms. The second-order valence-corrected chi connectivity index (χ2v) is 9.99. The molecule has 1 atom stereocenters. The van der Waals surface area contributed by atoms with Crippen molar-refractivity contribution < 1.29 is 28.5 Å². The third-order valence-corrected chi connectivity index (χ3v) is 6.64. The maximum absolute atomic E-state index is 12.8. The Morgan fingerprint density at radius 2 is 1.77 bits per heavy atom. The number of fused-ring (bicyclic) bond motifs is 1. The number of carbonyl (C=O) groups is 2. The van der Waals surface area contributed by atoms with Gasteiger partial charge in [0.25, 0.3) is 11.8 Å². The van der Waals surface area contributed by atoms with E-state index in [9.17, 15) is 9.59 Å². The highest BCUT2D eigenvalue weighted by Gasteiger charge is 2.25. The summed E-state index contributed by atoms with van der Waals surface area (Å²) in [5, 5.41) is 7.38. The molecule has 3 aromatic carbocycles. The van der Waals surface area contributed by atoms with E-state index in [2.05, 4.69) is 15.8 Å². The van der Waals surface area contributed by atoms with Crippen LogP contribution in [0.15, 0.2) is 59.7 Å². The zero-order chi connectivity index (χ0) is 28.6. The first-order valence-electron chi connectivity index (χ1n) is 12.6. The lowest BCUT2D eigenvalue weighted by Crippen LogP contribution is -2.48. The van der Waals surface area contributed by atoms with E-state index in [0.29, 0.717) is 52.4 Å². The Morgan fingerprint density at radius 1 is 0.975 bits per heavy atom. The average molecular weight is 586 g/mol. The topological polar surface area (TPSA) is 107 Å². The van der Waals surface area contributed by atoms with E-state index in [-0.39, 0.29) is 17.7 Å². The molecule has 0 aliphatic carbocycles. The molecular weight excluding hydrogens is 557 g/mol. The summed E-state index contributed by atoms with van der Waals surface area (Å²) in [5.74, 6) is 1.38. The Balaban J connectivity index is 1.37. The zero-order valence-corrected chi connectivity index (χ0v) is 23.7. The highest BCUT2D eigenvalue weighted by Crippen LogP contribution is 2.34. The minimum atomic E-state index is -0.829. The van der Waals surface area contributed by atoms with Crippen LogP contribution in [0, 0.1) is 5.92 Å². The molecule has 1 aliphatic rings. The Labute approximate surface area is 242 Å². The minimum absolute atomic E-state index is 0.201. The summed E-state index contributed by atoms with van der Waals surface area (Å²) in [6.07, 6.45) is 1.49. The molecule has 0 spiro atoms. The molecule has 0 radical (unpaired) electrons. The van der Waals surface area contributed by atoms with Crippen LogP contribution in [0.1, 0.15) is 42.3 Å². The van der Waals surface area contributed by atoms with Crippen molar-refractivity contribution in [3.05, 3.63) is 81.3 Å². The van der Waals surface area contributed by atoms with Crippen molar-refractivity contribution in [1.82, 2.24) is 10.7 Å². The maximum atomic E-state index is 12.8. The normalized spacial score (nSPS) is 12.8. The quantitative estimate of drug-likeness (QED) is 0.224. The van der Waals surface area contributed by atoms with Crippen molar-refractivity contribution in [2.45, 2.75) is 33.4 Å². The van der Waals surface area contributed by atoms with Crippen LogP contribution in [0.25, 0.3) is 0 Å². The fourth-order valence-corrected chi connectivity index (χ4v) is 4.12. The predicted octanol–water partition coefficient (Wildman–Crippen LogP) is 5.60. The van der Waals surface area contributed by atoms with E-state index in [0.717, 1.165) is 5.56 Å². The predicted molar refractivity (Wildman–Crippen MR) is 153 cm³/mol. The van der Waals surface area contributed by atoms with Crippen molar-refractivity contribution in [1.29, 1.82) is 0 Å². The number of ether oxygens (including phenoxy) is 4. The highest BCUT2D eigenvalue weighted by molar-refractivity contribution is 6.42. The van der Waals surface area contributed by atoms with Crippen LogP contribution in [0.3, 0.4) is 0 Å². The summed E-state index contributed by atoms with van der Waals surface area (Å²) in [5.41, 5.74) is 4.39. The van der Waals surface area contributed by atoms with Crippen LogP contribution in [0.2, 0.25) is 10.0 Å². The van der Waals surface area contributed by atoms with Crippen LogP contribution in [0.4, 0.5) is 0 Å². The van der Waals surface area contributed by atoms with Crippen LogP contribution < -0.4 is 29.7 Å². The van der Waals surface area contributed by atoms with Gasteiger partial charge >= 0.3 is 0 Å². The van der Waals surface area contributed by atoms with Crippen LogP contribution >= 0.6 is 23.2 Å². The van der Waals surface area contributed by atoms with Gasteiger partial charge in [0.1, 0.15) is 12.6 Å². The second-order valence-electron chi connectivity index (χ2n) is 9.17. The smallest absolute Gasteiger partial charge is 0.262 e.